The first-order valence-electron chi connectivity index (χ1n) is 33.1. The maximum atomic E-state index is 15.0. The third-order valence-electron chi connectivity index (χ3n) is 17.2. The molecule has 0 unspecified atom stereocenters. The molecule has 46 heteroatoms. The number of fused-ring (bicyclic) bond motifs is 6. The minimum absolute atomic E-state index is 0.0528. The second-order valence-electron chi connectivity index (χ2n) is 25.1. The van der Waals surface area contributed by atoms with Crippen molar-refractivity contribution >= 4 is 143 Å². The maximum absolute atomic E-state index is 15.0. The number of unbranched alkanes of at least 4 members (excludes halogenated alkanes) is 1. The van der Waals surface area contributed by atoms with Crippen molar-refractivity contribution in [2.45, 2.75) is 139 Å². The van der Waals surface area contributed by atoms with Gasteiger partial charge in [0.05, 0.1) is 68.2 Å². The Morgan fingerprint density at radius 1 is 0.311 bits per heavy atom. The van der Waals surface area contributed by atoms with E-state index in [2.05, 4.69) is 122 Å². The normalized spacial score (nSPS) is 13.7. The molecule has 24 N–H and O–H groups in total. The zero-order chi connectivity index (χ0) is 74.7. The Hall–Kier alpha value is -13.7. The topological polar surface area (TPSA) is 687 Å². The molecule has 0 spiro atoms. The summed E-state index contributed by atoms with van der Waals surface area (Å²) in [5.41, 5.74) is 58.2. The van der Waals surface area contributed by atoms with Crippen LogP contribution in [-0.2, 0) is 72.8 Å². The number of imidazole rings is 6. The average Bonchev–Trinajstić information content (AvgIpc) is 1.69. The second-order valence-corrected chi connectivity index (χ2v) is 25.1. The Morgan fingerprint density at radius 2 is 0.538 bits per heavy atom. The zero-order valence-electron chi connectivity index (χ0n) is 56.6. The molecule has 0 aliphatic rings. The van der Waals surface area contributed by atoms with E-state index in [1.54, 1.807) is 27.4 Å². The summed E-state index contributed by atoms with van der Waals surface area (Å²) in [7, 11) is 0. The van der Waals surface area contributed by atoms with E-state index in [1.807, 2.05) is 0 Å². The highest BCUT2D eigenvalue weighted by atomic mass is 16.2. The summed E-state index contributed by atoms with van der Waals surface area (Å²) in [5.74, 6) is -4.10. The molecular formula is C60H75N39O7. The summed E-state index contributed by atoms with van der Waals surface area (Å²) in [6.07, 6.45) is 14.9. The Kier molecular flexibility index (Phi) is 21.8. The van der Waals surface area contributed by atoms with E-state index in [-0.39, 0.29) is 138 Å². The summed E-state index contributed by atoms with van der Waals surface area (Å²) < 4.78 is 9.48. The number of carbonyl (C=O) groups is 7. The molecule has 12 aromatic rings. The van der Waals surface area contributed by atoms with Gasteiger partial charge in [0.25, 0.3) is 0 Å². The van der Waals surface area contributed by atoms with E-state index >= 15 is 4.79 Å². The molecule has 7 amide bonds. The lowest BCUT2D eigenvalue weighted by atomic mass is 10.1. The molecule has 46 nitrogen and oxygen atoms in total. The molecule has 552 valence electrons. The van der Waals surface area contributed by atoms with Crippen LogP contribution in [0.2, 0.25) is 0 Å². The van der Waals surface area contributed by atoms with Crippen LogP contribution in [0.3, 0.4) is 0 Å². The molecule has 0 bridgehead atoms. The van der Waals surface area contributed by atoms with Gasteiger partial charge in [0.1, 0.15) is 77.1 Å². The van der Waals surface area contributed by atoms with E-state index < -0.39 is 109 Å². The first kappa shape index (κ1) is 72.1. The number of rotatable bonds is 35. The number of hydrogen-bond donors (Lipinski definition) is 15. The Bertz CT molecular complexity index is 5220. The SMILES string of the molecule is NCCCC[C@H](NC(=O)C[C@@H](Cn1cnc2c(N)ncnc21)NC(=O)C[C@@H](Cn1cnc2c(N)ncnc21)NC(=O)C[C@@H](Cn1cnc2c(N)ncnc21)NC(=O)C[C@@H](Cn1cnc2c(N)ncnc21)NC(=O)C[C@@H](Cn1cnc2c(N)ncnc21)NC(=O)C[C@H](N)Cn1cnc2c(N)ncnc21)C(N)=O. The van der Waals surface area contributed by atoms with Crippen molar-refractivity contribution in [1.29, 1.82) is 0 Å². The van der Waals surface area contributed by atoms with Crippen LogP contribution in [0, 0.1) is 0 Å². The molecule has 0 radical (unpaired) electrons. The standard InChI is InChI=1S/C60H75N39O7/c61-4-2-1-3-35(54(69)106)93-41(105)10-34(16-99-28-87-47-53(68)75-22-81-60(47)99)92-40(104)9-33(15-98-27-86-46-52(67)74-21-80-59(46)98)91-39(103)8-32(14-97-26-85-45-51(66)73-20-79-58(45)97)90-38(102)7-31(13-96-25-84-44-50(65)72-19-78-57(44)96)89-37(101)6-30(12-95-24-83-43-49(64)71-18-77-56(43)95)88-36(100)5-29(62)11-94-23-82-42-48(63)70-17-76-55(42)94/h17-35H,1-16,61-62H2,(H2,69,106)(H,88,100)(H,89,101)(H,90,102)(H,91,103)(H,92,104)(H,93,105)(H2,63,70,76)(H2,64,71,77)(H2,65,72,78)(H2,66,73,79)(H2,67,74,80)(H2,68,75,81)/t29-,30-,31-,32-,33-,34-,35-/m0/s1. The van der Waals surface area contributed by atoms with Crippen LogP contribution in [0.4, 0.5) is 34.9 Å². The number of aromatic nitrogens is 24. The molecule has 0 aliphatic heterocycles. The fraction of sp³-hybridized carbons (Fsp3) is 0.383. The molecule has 0 fully saturated rings. The second kappa shape index (κ2) is 32.1. The van der Waals surface area contributed by atoms with Gasteiger partial charge in [0, 0.05) is 83.8 Å². The molecule has 106 heavy (non-hydrogen) atoms. The fourth-order valence-corrected chi connectivity index (χ4v) is 12.3. The van der Waals surface area contributed by atoms with Gasteiger partial charge in [-0.1, -0.05) is 0 Å². The lowest BCUT2D eigenvalue weighted by Crippen LogP contribution is -2.50. The van der Waals surface area contributed by atoms with Gasteiger partial charge in [-0.25, -0.2) is 89.7 Å². The van der Waals surface area contributed by atoms with Gasteiger partial charge in [-0.15, -0.1) is 0 Å². The number of anilines is 6. The van der Waals surface area contributed by atoms with Gasteiger partial charge in [0.2, 0.25) is 41.4 Å². The van der Waals surface area contributed by atoms with Crippen LogP contribution >= 0.6 is 0 Å². The average molecular weight is 1450 g/mol. The molecule has 12 rings (SSSR count). The number of nitrogens with zero attached hydrogens (tertiary/aromatic N) is 24. The van der Waals surface area contributed by atoms with Crippen molar-refractivity contribution in [2.75, 3.05) is 40.9 Å². The molecule has 0 aliphatic carbocycles. The van der Waals surface area contributed by atoms with Crippen molar-refractivity contribution in [3.63, 3.8) is 0 Å². The van der Waals surface area contributed by atoms with Crippen molar-refractivity contribution < 1.29 is 33.6 Å². The minimum atomic E-state index is -1.13. The number of carbonyl (C=O) groups excluding carboxylic acids is 7. The van der Waals surface area contributed by atoms with Crippen LogP contribution in [0.15, 0.2) is 75.9 Å². The monoisotopic (exact) mass is 1450 g/mol. The van der Waals surface area contributed by atoms with Crippen LogP contribution in [0.25, 0.3) is 67.0 Å². The lowest BCUT2D eigenvalue weighted by Gasteiger charge is -2.26. The summed E-state index contributed by atoms with van der Waals surface area (Å²) >= 11 is 0. The van der Waals surface area contributed by atoms with Crippen molar-refractivity contribution in [2.24, 2.45) is 17.2 Å². The summed E-state index contributed by atoms with van der Waals surface area (Å²) in [5, 5.41) is 17.5. The van der Waals surface area contributed by atoms with E-state index in [0.29, 0.717) is 41.8 Å². The predicted molar refractivity (Wildman–Crippen MR) is 378 cm³/mol. The van der Waals surface area contributed by atoms with Crippen LogP contribution in [-0.4, -0.2) is 207 Å². The first-order chi connectivity index (χ1) is 51.1. The molecular weight excluding hydrogens is 1380 g/mol. The van der Waals surface area contributed by atoms with E-state index in [9.17, 15) is 28.8 Å². The predicted octanol–water partition coefficient (Wildman–Crippen LogP) is -5.29. The number of nitrogens with one attached hydrogen (secondary N) is 6. The molecule has 0 aromatic carbocycles. The zero-order valence-corrected chi connectivity index (χ0v) is 56.6. The van der Waals surface area contributed by atoms with Gasteiger partial charge in [-0.05, 0) is 25.8 Å². The number of nitrogen functional groups attached to an aromatic ring is 6. The van der Waals surface area contributed by atoms with Crippen LogP contribution in [0.5, 0.6) is 0 Å². The van der Waals surface area contributed by atoms with Crippen molar-refractivity contribution in [3.8, 4) is 0 Å². The number of amides is 7. The summed E-state index contributed by atoms with van der Waals surface area (Å²) in [4.78, 5) is 176. The smallest absolute Gasteiger partial charge is 0.239 e. The quantitative estimate of drug-likeness (QED) is 0.0165. The van der Waals surface area contributed by atoms with Crippen molar-refractivity contribution in [1.82, 2.24) is 149 Å². The molecule has 12 aromatic heterocycles. The largest absolute Gasteiger partial charge is 0.382 e. The molecule has 0 saturated heterocycles. The van der Waals surface area contributed by atoms with Gasteiger partial charge >= 0.3 is 0 Å². The minimum Gasteiger partial charge on any atom is -0.382 e. The van der Waals surface area contributed by atoms with E-state index in [0.717, 1.165) is 0 Å². The Labute approximate surface area is 597 Å². The van der Waals surface area contributed by atoms with Crippen LogP contribution < -0.4 is 83.5 Å². The van der Waals surface area contributed by atoms with Crippen LogP contribution in [0.1, 0.15) is 57.8 Å². The van der Waals surface area contributed by atoms with Gasteiger partial charge < -0.3 is 111 Å². The highest BCUT2D eigenvalue weighted by Crippen LogP contribution is 2.23. The van der Waals surface area contributed by atoms with Gasteiger partial charge in [-0.3, -0.25) is 33.6 Å². The maximum Gasteiger partial charge on any atom is 0.239 e. The molecule has 7 atom stereocenters. The van der Waals surface area contributed by atoms with E-state index in [1.165, 1.54) is 75.9 Å². The number of primary amides is 1. The Balaban J connectivity index is 0.802. The highest BCUT2D eigenvalue weighted by Gasteiger charge is 2.31. The molecule has 0 saturated carbocycles. The molecule has 12 heterocycles. The van der Waals surface area contributed by atoms with Crippen molar-refractivity contribution in [3.05, 3.63) is 75.9 Å². The number of nitrogens with two attached hydrogens (primary N) is 9. The Morgan fingerprint density at radius 3 is 0.774 bits per heavy atom. The lowest BCUT2D eigenvalue weighted by molar-refractivity contribution is -0.128. The number of hydrogen-bond acceptors (Lipinski definition) is 33. The van der Waals surface area contributed by atoms with E-state index in [4.69, 9.17) is 51.6 Å². The fourth-order valence-electron chi connectivity index (χ4n) is 12.3. The summed E-state index contributed by atoms with van der Waals surface area (Å²) in [6, 6.07) is -7.19. The van der Waals surface area contributed by atoms with Gasteiger partial charge in [0.15, 0.2) is 68.8 Å². The van der Waals surface area contributed by atoms with Gasteiger partial charge in [-0.2, -0.15) is 0 Å². The third kappa shape index (κ3) is 17.1. The summed E-state index contributed by atoms with van der Waals surface area (Å²) in [6.45, 7) is -0.177. The third-order valence-corrected chi connectivity index (χ3v) is 17.2. The first-order valence-corrected chi connectivity index (χ1v) is 33.1. The highest BCUT2D eigenvalue weighted by molar-refractivity contribution is 5.89.